The summed E-state index contributed by atoms with van der Waals surface area (Å²) in [6.45, 7) is 4.59. The van der Waals surface area contributed by atoms with Crippen molar-refractivity contribution in [1.82, 2.24) is 5.32 Å². The largest absolute Gasteiger partial charge is 0.391 e. The first-order chi connectivity index (χ1) is 7.59. The van der Waals surface area contributed by atoms with E-state index in [1.807, 2.05) is 13.8 Å². The third-order valence-corrected chi connectivity index (χ3v) is 2.83. The first-order valence-corrected chi connectivity index (χ1v) is 6.18. The first-order valence-electron chi connectivity index (χ1n) is 6.18. The molecule has 4 heteroatoms. The molecule has 1 aliphatic rings. The third kappa shape index (κ3) is 4.94. The summed E-state index contributed by atoms with van der Waals surface area (Å²) >= 11 is 0. The molecule has 1 aliphatic carbocycles. The van der Waals surface area contributed by atoms with Crippen molar-refractivity contribution < 1.29 is 14.6 Å². The van der Waals surface area contributed by atoms with E-state index in [4.69, 9.17) is 4.74 Å². The fourth-order valence-electron chi connectivity index (χ4n) is 1.94. The fourth-order valence-corrected chi connectivity index (χ4v) is 1.94. The lowest BCUT2D eigenvalue weighted by molar-refractivity contribution is -0.122. The van der Waals surface area contributed by atoms with Crippen LogP contribution in [0.15, 0.2) is 0 Å². The topological polar surface area (TPSA) is 58.6 Å². The molecule has 0 saturated heterocycles. The maximum absolute atomic E-state index is 11.5. The molecule has 1 saturated carbocycles. The number of carbonyl (C=O) groups is 1. The zero-order chi connectivity index (χ0) is 12.0. The van der Waals surface area contributed by atoms with Crippen molar-refractivity contribution in [3.8, 4) is 0 Å². The number of hydrogen-bond donors (Lipinski definition) is 2. The van der Waals surface area contributed by atoms with Gasteiger partial charge in [0, 0.05) is 13.0 Å². The molecule has 0 heterocycles. The first kappa shape index (κ1) is 13.5. The lowest BCUT2D eigenvalue weighted by Crippen LogP contribution is -2.39. The standard InChI is InChI=1S/C12H23NO3/c1-9(2)16-8-4-7-12(15)13-10-5-3-6-11(10)14/h9-11,14H,3-8H2,1-2H3,(H,13,15)/t10-,11+/m1/s1. The summed E-state index contributed by atoms with van der Waals surface area (Å²) in [6.07, 6.45) is 3.80. The van der Waals surface area contributed by atoms with Crippen LogP contribution in [-0.4, -0.2) is 35.9 Å². The maximum Gasteiger partial charge on any atom is 0.220 e. The fraction of sp³-hybridized carbons (Fsp3) is 0.917. The molecule has 0 aromatic heterocycles. The monoisotopic (exact) mass is 229 g/mol. The molecule has 1 fully saturated rings. The number of rotatable bonds is 6. The van der Waals surface area contributed by atoms with Crippen LogP contribution in [0.5, 0.6) is 0 Å². The van der Waals surface area contributed by atoms with Crippen molar-refractivity contribution in [2.24, 2.45) is 0 Å². The Labute approximate surface area is 97.4 Å². The molecule has 0 aromatic rings. The SMILES string of the molecule is CC(C)OCCCC(=O)N[C@@H]1CCC[C@@H]1O. The summed E-state index contributed by atoms with van der Waals surface area (Å²) in [6, 6.07) is -0.0292. The lowest BCUT2D eigenvalue weighted by Gasteiger charge is -2.16. The van der Waals surface area contributed by atoms with E-state index in [9.17, 15) is 9.90 Å². The van der Waals surface area contributed by atoms with Crippen LogP contribution in [0.4, 0.5) is 0 Å². The van der Waals surface area contributed by atoms with E-state index >= 15 is 0 Å². The summed E-state index contributed by atoms with van der Waals surface area (Å²) in [5, 5.41) is 12.4. The van der Waals surface area contributed by atoms with Gasteiger partial charge in [-0.25, -0.2) is 0 Å². The molecule has 0 aliphatic heterocycles. The van der Waals surface area contributed by atoms with Crippen molar-refractivity contribution in [2.75, 3.05) is 6.61 Å². The Bertz CT molecular complexity index is 218. The molecule has 1 rings (SSSR count). The van der Waals surface area contributed by atoms with Gasteiger partial charge in [-0.1, -0.05) is 0 Å². The predicted octanol–water partition coefficient (Wildman–Crippen LogP) is 1.22. The Balaban J connectivity index is 2.06. The zero-order valence-electron chi connectivity index (χ0n) is 10.2. The summed E-state index contributed by atoms with van der Waals surface area (Å²) in [4.78, 5) is 11.5. The van der Waals surface area contributed by atoms with Gasteiger partial charge in [-0.05, 0) is 39.5 Å². The van der Waals surface area contributed by atoms with E-state index in [0.717, 1.165) is 25.7 Å². The molecular formula is C12H23NO3. The van der Waals surface area contributed by atoms with Crippen molar-refractivity contribution in [1.29, 1.82) is 0 Å². The van der Waals surface area contributed by atoms with E-state index in [1.54, 1.807) is 0 Å². The second-order valence-electron chi connectivity index (χ2n) is 4.70. The molecule has 4 nitrogen and oxygen atoms in total. The minimum atomic E-state index is -0.351. The minimum absolute atomic E-state index is 0.0262. The summed E-state index contributed by atoms with van der Waals surface area (Å²) < 4.78 is 5.35. The molecule has 2 N–H and O–H groups in total. The smallest absolute Gasteiger partial charge is 0.220 e. The Hall–Kier alpha value is -0.610. The number of carbonyl (C=O) groups excluding carboxylic acids is 1. The molecule has 0 unspecified atom stereocenters. The molecule has 94 valence electrons. The number of hydrogen-bond acceptors (Lipinski definition) is 3. The minimum Gasteiger partial charge on any atom is -0.391 e. The number of ether oxygens (including phenoxy) is 1. The quantitative estimate of drug-likeness (QED) is 0.673. The summed E-state index contributed by atoms with van der Waals surface area (Å²) in [7, 11) is 0. The molecule has 1 amide bonds. The second-order valence-corrected chi connectivity index (χ2v) is 4.70. The van der Waals surface area contributed by atoms with Crippen LogP contribution < -0.4 is 5.32 Å². The van der Waals surface area contributed by atoms with Gasteiger partial charge in [-0.2, -0.15) is 0 Å². The van der Waals surface area contributed by atoms with Gasteiger partial charge < -0.3 is 15.2 Å². The van der Waals surface area contributed by atoms with Gasteiger partial charge in [-0.3, -0.25) is 4.79 Å². The second kappa shape index (κ2) is 6.86. The molecule has 0 bridgehead atoms. The number of nitrogens with one attached hydrogen (secondary N) is 1. The summed E-state index contributed by atoms with van der Waals surface area (Å²) in [5.74, 6) is 0.0262. The highest BCUT2D eigenvalue weighted by atomic mass is 16.5. The van der Waals surface area contributed by atoms with E-state index in [0.29, 0.717) is 13.0 Å². The third-order valence-electron chi connectivity index (χ3n) is 2.83. The van der Waals surface area contributed by atoms with Crippen LogP contribution in [0.25, 0.3) is 0 Å². The van der Waals surface area contributed by atoms with Crippen LogP contribution >= 0.6 is 0 Å². The van der Waals surface area contributed by atoms with Gasteiger partial charge in [0.15, 0.2) is 0 Å². The van der Waals surface area contributed by atoms with Crippen LogP contribution in [-0.2, 0) is 9.53 Å². The number of amides is 1. The van der Waals surface area contributed by atoms with E-state index in [-0.39, 0.29) is 24.2 Å². The van der Waals surface area contributed by atoms with Gasteiger partial charge in [0.25, 0.3) is 0 Å². The highest BCUT2D eigenvalue weighted by Gasteiger charge is 2.26. The molecule has 0 aromatic carbocycles. The van der Waals surface area contributed by atoms with E-state index in [1.165, 1.54) is 0 Å². The van der Waals surface area contributed by atoms with E-state index in [2.05, 4.69) is 5.32 Å². The average Bonchev–Trinajstić information content (AvgIpc) is 2.59. The maximum atomic E-state index is 11.5. The van der Waals surface area contributed by atoms with Gasteiger partial charge in [-0.15, -0.1) is 0 Å². The highest BCUT2D eigenvalue weighted by Crippen LogP contribution is 2.18. The predicted molar refractivity (Wildman–Crippen MR) is 62.1 cm³/mol. The van der Waals surface area contributed by atoms with Gasteiger partial charge in [0.05, 0.1) is 18.2 Å². The van der Waals surface area contributed by atoms with Crippen LogP contribution in [0, 0.1) is 0 Å². The zero-order valence-corrected chi connectivity index (χ0v) is 10.2. The summed E-state index contributed by atoms with van der Waals surface area (Å²) in [5.41, 5.74) is 0. The molecule has 16 heavy (non-hydrogen) atoms. The van der Waals surface area contributed by atoms with Crippen molar-refractivity contribution in [3.05, 3.63) is 0 Å². The van der Waals surface area contributed by atoms with Crippen LogP contribution in [0.2, 0.25) is 0 Å². The average molecular weight is 229 g/mol. The molecule has 2 atom stereocenters. The Morgan fingerprint density at radius 1 is 1.50 bits per heavy atom. The highest BCUT2D eigenvalue weighted by molar-refractivity contribution is 5.76. The van der Waals surface area contributed by atoms with Crippen molar-refractivity contribution in [2.45, 2.75) is 64.2 Å². The Morgan fingerprint density at radius 2 is 2.25 bits per heavy atom. The molecule has 0 spiro atoms. The Morgan fingerprint density at radius 3 is 2.81 bits per heavy atom. The molecular weight excluding hydrogens is 206 g/mol. The Kier molecular flexibility index (Phi) is 5.77. The van der Waals surface area contributed by atoms with Crippen LogP contribution in [0.3, 0.4) is 0 Å². The van der Waals surface area contributed by atoms with Gasteiger partial charge >= 0.3 is 0 Å². The van der Waals surface area contributed by atoms with Crippen LogP contribution in [0.1, 0.15) is 46.0 Å². The van der Waals surface area contributed by atoms with Gasteiger partial charge in [0.1, 0.15) is 0 Å². The lowest BCUT2D eigenvalue weighted by atomic mass is 10.2. The van der Waals surface area contributed by atoms with Crippen molar-refractivity contribution >= 4 is 5.91 Å². The number of aliphatic hydroxyl groups is 1. The van der Waals surface area contributed by atoms with Gasteiger partial charge in [0.2, 0.25) is 5.91 Å². The van der Waals surface area contributed by atoms with Crippen molar-refractivity contribution in [3.63, 3.8) is 0 Å². The molecule has 0 radical (unpaired) electrons. The van der Waals surface area contributed by atoms with E-state index < -0.39 is 0 Å². The number of aliphatic hydroxyl groups excluding tert-OH is 1. The normalized spacial score (nSPS) is 25.0.